The quantitative estimate of drug-likeness (QED) is 0.947. The van der Waals surface area contributed by atoms with Gasteiger partial charge in [0, 0.05) is 17.5 Å². The molecule has 2 aromatic heterocycles. The summed E-state index contributed by atoms with van der Waals surface area (Å²) >= 11 is 0. The molecule has 114 valence electrons. The maximum Gasteiger partial charge on any atom is 0.417 e. The van der Waals surface area contributed by atoms with E-state index in [9.17, 15) is 13.2 Å². The van der Waals surface area contributed by atoms with Crippen LogP contribution in [0, 0.1) is 13.8 Å². The maximum atomic E-state index is 12.5. The summed E-state index contributed by atoms with van der Waals surface area (Å²) in [5.41, 5.74) is 7.58. The molecule has 0 aliphatic heterocycles. The van der Waals surface area contributed by atoms with Crippen molar-refractivity contribution in [2.24, 2.45) is 5.73 Å². The molecule has 2 aromatic rings. The van der Waals surface area contributed by atoms with Gasteiger partial charge in [-0.25, -0.2) is 9.67 Å². The fourth-order valence-electron chi connectivity index (χ4n) is 2.39. The van der Waals surface area contributed by atoms with Crippen LogP contribution in [0.3, 0.4) is 0 Å². The fraction of sp³-hybridized carbons (Fsp3) is 0.429. The summed E-state index contributed by atoms with van der Waals surface area (Å²) < 4.78 is 39.2. The van der Waals surface area contributed by atoms with Crippen LogP contribution in [0.1, 0.15) is 35.4 Å². The van der Waals surface area contributed by atoms with Crippen molar-refractivity contribution >= 4 is 0 Å². The zero-order valence-electron chi connectivity index (χ0n) is 12.1. The van der Waals surface area contributed by atoms with Gasteiger partial charge >= 0.3 is 6.18 Å². The lowest BCUT2D eigenvalue weighted by Gasteiger charge is -2.10. The Morgan fingerprint density at radius 2 is 1.95 bits per heavy atom. The molecule has 0 saturated carbocycles. The molecule has 2 rings (SSSR count). The van der Waals surface area contributed by atoms with Crippen molar-refractivity contribution < 1.29 is 13.2 Å². The largest absolute Gasteiger partial charge is 0.417 e. The smallest absolute Gasteiger partial charge is 0.330 e. The SMILES string of the molecule is Cc1nn(-c2ccc(C(F)(F)F)cn2)c(C)c1C(C)CN. The molecule has 0 spiro atoms. The van der Waals surface area contributed by atoms with Gasteiger partial charge in [0.25, 0.3) is 0 Å². The lowest BCUT2D eigenvalue weighted by Crippen LogP contribution is -2.11. The van der Waals surface area contributed by atoms with Gasteiger partial charge in [-0.1, -0.05) is 6.92 Å². The Morgan fingerprint density at radius 3 is 2.43 bits per heavy atom. The van der Waals surface area contributed by atoms with Gasteiger partial charge < -0.3 is 5.73 Å². The maximum absolute atomic E-state index is 12.5. The van der Waals surface area contributed by atoms with Crippen molar-refractivity contribution in [1.82, 2.24) is 14.8 Å². The van der Waals surface area contributed by atoms with Crippen molar-refractivity contribution in [3.8, 4) is 5.82 Å². The molecule has 21 heavy (non-hydrogen) atoms. The number of hydrogen-bond acceptors (Lipinski definition) is 3. The topological polar surface area (TPSA) is 56.7 Å². The summed E-state index contributed by atoms with van der Waals surface area (Å²) in [7, 11) is 0. The molecule has 0 saturated heterocycles. The summed E-state index contributed by atoms with van der Waals surface area (Å²) in [6.07, 6.45) is -3.57. The minimum Gasteiger partial charge on any atom is -0.330 e. The summed E-state index contributed by atoms with van der Waals surface area (Å²) in [5.74, 6) is 0.493. The fourth-order valence-corrected chi connectivity index (χ4v) is 2.39. The first-order valence-corrected chi connectivity index (χ1v) is 6.55. The summed E-state index contributed by atoms with van der Waals surface area (Å²) in [6.45, 7) is 6.19. The highest BCUT2D eigenvalue weighted by Gasteiger charge is 2.30. The zero-order chi connectivity index (χ0) is 15.8. The molecule has 0 amide bonds. The number of aromatic nitrogens is 3. The minimum absolute atomic E-state index is 0.133. The molecule has 0 bridgehead atoms. The van der Waals surface area contributed by atoms with E-state index in [2.05, 4.69) is 10.1 Å². The standard InChI is InChI=1S/C14H17F3N4/c1-8(6-18)13-9(2)20-21(10(13)3)12-5-4-11(7-19-12)14(15,16)17/h4-5,7-8H,6,18H2,1-3H3. The highest BCUT2D eigenvalue weighted by Crippen LogP contribution is 2.29. The highest BCUT2D eigenvalue weighted by molar-refractivity contribution is 5.35. The second-order valence-corrected chi connectivity index (χ2v) is 5.04. The third kappa shape index (κ3) is 2.92. The predicted molar refractivity (Wildman–Crippen MR) is 73.3 cm³/mol. The molecule has 0 radical (unpaired) electrons. The van der Waals surface area contributed by atoms with Crippen molar-refractivity contribution in [2.45, 2.75) is 32.9 Å². The predicted octanol–water partition coefficient (Wildman–Crippen LogP) is 2.97. The Kier molecular flexibility index (Phi) is 4.04. The van der Waals surface area contributed by atoms with E-state index in [-0.39, 0.29) is 5.92 Å². The van der Waals surface area contributed by atoms with E-state index >= 15 is 0 Å². The van der Waals surface area contributed by atoms with Crippen LogP contribution in [0.15, 0.2) is 18.3 Å². The second kappa shape index (κ2) is 5.48. The number of alkyl halides is 3. The van der Waals surface area contributed by atoms with Gasteiger partial charge in [-0.05, 0) is 38.4 Å². The van der Waals surface area contributed by atoms with Crippen LogP contribution < -0.4 is 5.73 Å². The third-order valence-electron chi connectivity index (χ3n) is 3.49. The summed E-state index contributed by atoms with van der Waals surface area (Å²) in [4.78, 5) is 3.87. The Bertz CT molecular complexity index is 629. The molecule has 0 fully saturated rings. The van der Waals surface area contributed by atoms with Gasteiger partial charge in [0.1, 0.15) is 0 Å². The van der Waals surface area contributed by atoms with Crippen LogP contribution in [-0.2, 0) is 6.18 Å². The van der Waals surface area contributed by atoms with E-state index < -0.39 is 11.7 Å². The van der Waals surface area contributed by atoms with Crippen molar-refractivity contribution in [3.63, 3.8) is 0 Å². The first-order chi connectivity index (χ1) is 9.75. The second-order valence-electron chi connectivity index (χ2n) is 5.04. The van der Waals surface area contributed by atoms with E-state index in [1.807, 2.05) is 20.8 Å². The Hall–Kier alpha value is -1.89. The van der Waals surface area contributed by atoms with E-state index in [1.54, 1.807) is 4.68 Å². The molecular formula is C14H17F3N4. The number of rotatable bonds is 3. The third-order valence-corrected chi connectivity index (χ3v) is 3.49. The number of hydrogen-bond donors (Lipinski definition) is 1. The lowest BCUT2D eigenvalue weighted by atomic mass is 9.99. The number of nitrogens with two attached hydrogens (primary N) is 1. The normalized spacial score (nSPS) is 13.5. The Labute approximate surface area is 120 Å². The van der Waals surface area contributed by atoms with Gasteiger partial charge in [0.15, 0.2) is 5.82 Å². The van der Waals surface area contributed by atoms with Crippen molar-refractivity contribution in [3.05, 3.63) is 40.8 Å². The first kappa shape index (κ1) is 15.5. The molecule has 0 aromatic carbocycles. The van der Waals surface area contributed by atoms with E-state index in [0.717, 1.165) is 29.2 Å². The average molecular weight is 298 g/mol. The van der Waals surface area contributed by atoms with Crippen LogP contribution in [-0.4, -0.2) is 21.3 Å². The molecule has 4 nitrogen and oxygen atoms in total. The molecule has 0 aliphatic carbocycles. The molecule has 2 heterocycles. The van der Waals surface area contributed by atoms with Gasteiger partial charge in [0.2, 0.25) is 0 Å². The Morgan fingerprint density at radius 1 is 1.29 bits per heavy atom. The van der Waals surface area contributed by atoms with Crippen molar-refractivity contribution in [1.29, 1.82) is 0 Å². The average Bonchev–Trinajstić information content (AvgIpc) is 2.72. The van der Waals surface area contributed by atoms with E-state index in [4.69, 9.17) is 5.73 Å². The number of aryl methyl sites for hydroxylation is 1. The Balaban J connectivity index is 2.44. The molecule has 1 atom stereocenters. The number of nitrogens with zero attached hydrogens (tertiary/aromatic N) is 3. The number of pyridine rings is 1. The van der Waals surface area contributed by atoms with Gasteiger partial charge in [0.05, 0.1) is 11.3 Å². The van der Waals surface area contributed by atoms with Crippen LogP contribution in [0.25, 0.3) is 5.82 Å². The molecule has 2 N–H and O–H groups in total. The van der Waals surface area contributed by atoms with E-state index in [1.165, 1.54) is 6.07 Å². The van der Waals surface area contributed by atoms with Crippen LogP contribution in [0.2, 0.25) is 0 Å². The summed E-state index contributed by atoms with van der Waals surface area (Å²) in [6, 6.07) is 2.32. The molecule has 0 aliphatic rings. The number of halogens is 3. The van der Waals surface area contributed by atoms with Gasteiger partial charge in [-0.2, -0.15) is 18.3 Å². The molecule has 1 unspecified atom stereocenters. The van der Waals surface area contributed by atoms with Gasteiger partial charge in [-0.3, -0.25) is 0 Å². The molecule has 7 heteroatoms. The van der Waals surface area contributed by atoms with Gasteiger partial charge in [-0.15, -0.1) is 0 Å². The van der Waals surface area contributed by atoms with Crippen LogP contribution in [0.5, 0.6) is 0 Å². The summed E-state index contributed by atoms with van der Waals surface area (Å²) in [5, 5.41) is 4.36. The zero-order valence-corrected chi connectivity index (χ0v) is 12.1. The monoisotopic (exact) mass is 298 g/mol. The first-order valence-electron chi connectivity index (χ1n) is 6.55. The van der Waals surface area contributed by atoms with Crippen LogP contribution >= 0.6 is 0 Å². The van der Waals surface area contributed by atoms with Crippen molar-refractivity contribution in [2.75, 3.05) is 6.54 Å². The molecular weight excluding hydrogens is 281 g/mol. The van der Waals surface area contributed by atoms with E-state index in [0.29, 0.717) is 12.4 Å². The lowest BCUT2D eigenvalue weighted by molar-refractivity contribution is -0.137. The van der Waals surface area contributed by atoms with Crippen LogP contribution in [0.4, 0.5) is 13.2 Å². The highest BCUT2D eigenvalue weighted by atomic mass is 19.4. The minimum atomic E-state index is -4.39.